The van der Waals surface area contributed by atoms with Gasteiger partial charge in [-0.05, 0) is 45.6 Å². The fraction of sp³-hybridized carbons (Fsp3) is 0.619. The summed E-state index contributed by atoms with van der Waals surface area (Å²) in [6, 6.07) is 4.80. The Morgan fingerprint density at radius 2 is 2.17 bits per heavy atom. The van der Waals surface area contributed by atoms with Gasteiger partial charge in [0.2, 0.25) is 5.91 Å². The minimum absolute atomic E-state index is 0.192. The minimum atomic E-state index is -0.542. The summed E-state index contributed by atoms with van der Waals surface area (Å²) in [6.45, 7) is 6.59. The average molecular weight is 423 g/mol. The number of hydrogen-bond donors (Lipinski definition) is 1. The highest BCUT2D eigenvalue weighted by atomic mass is 19.1. The Labute approximate surface area is 176 Å². The highest BCUT2D eigenvalue weighted by Gasteiger charge is 2.35. The lowest BCUT2D eigenvalue weighted by Crippen LogP contribution is -2.51. The maximum absolute atomic E-state index is 15.0. The average Bonchev–Trinajstić information content (AvgIpc) is 3.05. The van der Waals surface area contributed by atoms with Crippen LogP contribution in [0.3, 0.4) is 0 Å². The Balaban J connectivity index is 1.68. The van der Waals surface area contributed by atoms with E-state index in [1.807, 2.05) is 19.0 Å². The molecule has 1 aromatic carbocycles. The first-order valence-corrected chi connectivity index (χ1v) is 10.2. The van der Waals surface area contributed by atoms with E-state index in [4.69, 9.17) is 9.47 Å². The number of hydrogen-bond acceptors (Lipinski definition) is 6. The van der Waals surface area contributed by atoms with Crippen LogP contribution in [-0.2, 0) is 14.3 Å². The van der Waals surface area contributed by atoms with Gasteiger partial charge >= 0.3 is 6.09 Å². The lowest BCUT2D eigenvalue weighted by Gasteiger charge is -2.42. The molecule has 2 saturated heterocycles. The lowest BCUT2D eigenvalue weighted by molar-refractivity contribution is -0.119. The normalized spacial score (nSPS) is 24.3. The molecule has 9 heteroatoms. The van der Waals surface area contributed by atoms with Crippen LogP contribution in [0, 0.1) is 5.82 Å². The highest BCUT2D eigenvalue weighted by molar-refractivity contribution is 5.90. The van der Waals surface area contributed by atoms with Crippen molar-refractivity contribution < 1.29 is 23.5 Å². The van der Waals surface area contributed by atoms with E-state index in [0.717, 1.165) is 13.0 Å². The summed E-state index contributed by atoms with van der Waals surface area (Å²) < 4.78 is 26.3. The van der Waals surface area contributed by atoms with E-state index >= 15 is 4.39 Å². The number of nitrogens with zero attached hydrogens (tertiary/aromatic N) is 3. The van der Waals surface area contributed by atoms with Gasteiger partial charge in [-0.3, -0.25) is 9.69 Å². The van der Waals surface area contributed by atoms with Crippen molar-refractivity contribution in [3.63, 3.8) is 0 Å². The Kier molecular flexibility index (Phi) is 6.82. The van der Waals surface area contributed by atoms with Crippen LogP contribution >= 0.6 is 0 Å². The number of nitrogens with one attached hydrogen (secondary N) is 1. The summed E-state index contributed by atoms with van der Waals surface area (Å²) in [6.07, 6.45) is -0.146. The number of anilines is 2. The fourth-order valence-corrected chi connectivity index (χ4v) is 3.76. The quantitative estimate of drug-likeness (QED) is 0.723. The van der Waals surface area contributed by atoms with Crippen LogP contribution in [0.15, 0.2) is 18.2 Å². The number of halogens is 1. The Hall–Kier alpha value is -2.39. The molecule has 2 heterocycles. The number of ether oxygens (including phenoxy) is 2. The lowest BCUT2D eigenvalue weighted by atomic mass is 9.99. The van der Waals surface area contributed by atoms with Gasteiger partial charge in [0.1, 0.15) is 11.9 Å². The highest BCUT2D eigenvalue weighted by Crippen LogP contribution is 2.31. The van der Waals surface area contributed by atoms with E-state index in [1.165, 1.54) is 17.9 Å². The van der Waals surface area contributed by atoms with Crippen LogP contribution in [0.5, 0.6) is 0 Å². The second-order valence-electron chi connectivity index (χ2n) is 8.46. The van der Waals surface area contributed by atoms with Gasteiger partial charge in [-0.25, -0.2) is 9.18 Å². The Morgan fingerprint density at radius 1 is 1.40 bits per heavy atom. The van der Waals surface area contributed by atoms with Crippen molar-refractivity contribution >= 4 is 23.4 Å². The first-order valence-electron chi connectivity index (χ1n) is 10.2. The summed E-state index contributed by atoms with van der Waals surface area (Å²) in [5, 5.41) is 2.63. The van der Waals surface area contributed by atoms with Gasteiger partial charge in [0, 0.05) is 26.6 Å². The van der Waals surface area contributed by atoms with E-state index < -0.39 is 12.2 Å². The van der Waals surface area contributed by atoms with Gasteiger partial charge in [-0.15, -0.1) is 0 Å². The summed E-state index contributed by atoms with van der Waals surface area (Å²) in [5.41, 5.74) is 0.597. The molecule has 0 saturated carbocycles. The fourth-order valence-electron chi connectivity index (χ4n) is 3.76. The number of rotatable bonds is 7. The van der Waals surface area contributed by atoms with Crippen LogP contribution in [0.1, 0.15) is 20.3 Å². The number of benzene rings is 1. The second kappa shape index (κ2) is 9.18. The molecule has 0 bridgehead atoms. The Bertz CT molecular complexity index is 790. The maximum Gasteiger partial charge on any atom is 0.414 e. The zero-order chi connectivity index (χ0) is 21.9. The van der Waals surface area contributed by atoms with E-state index in [0.29, 0.717) is 31.1 Å². The summed E-state index contributed by atoms with van der Waals surface area (Å²) in [4.78, 5) is 28.7. The first-order chi connectivity index (χ1) is 14.2. The zero-order valence-corrected chi connectivity index (χ0v) is 18.1. The first kappa shape index (κ1) is 22.3. The number of amides is 2. The molecule has 1 aromatic rings. The van der Waals surface area contributed by atoms with Crippen molar-refractivity contribution in [2.75, 3.05) is 63.2 Å². The van der Waals surface area contributed by atoms with Crippen molar-refractivity contribution in [2.24, 2.45) is 0 Å². The molecule has 2 amide bonds. The van der Waals surface area contributed by atoms with Crippen LogP contribution < -0.4 is 15.1 Å². The summed E-state index contributed by atoms with van der Waals surface area (Å²) in [5.74, 6) is -0.578. The molecule has 2 aliphatic heterocycles. The van der Waals surface area contributed by atoms with E-state index in [2.05, 4.69) is 17.1 Å². The SMILES string of the molecule is CC(=O)NC[C@H]1CN(c2ccc(N3CCOC(C)(CCN(C)C)C3)c(F)c2)C(=O)O1. The molecule has 0 radical (unpaired) electrons. The van der Waals surface area contributed by atoms with E-state index in [1.54, 1.807) is 12.1 Å². The smallest absolute Gasteiger partial charge is 0.414 e. The van der Waals surface area contributed by atoms with Gasteiger partial charge in [0.15, 0.2) is 0 Å². The number of morpholine rings is 1. The number of cyclic esters (lactones) is 1. The van der Waals surface area contributed by atoms with Crippen LogP contribution in [0.4, 0.5) is 20.6 Å². The van der Waals surface area contributed by atoms with Crippen LogP contribution in [0.25, 0.3) is 0 Å². The molecule has 1 unspecified atom stereocenters. The van der Waals surface area contributed by atoms with Crippen LogP contribution in [0.2, 0.25) is 0 Å². The molecular weight excluding hydrogens is 391 g/mol. The summed E-state index contributed by atoms with van der Waals surface area (Å²) in [7, 11) is 4.04. The van der Waals surface area contributed by atoms with Crippen molar-refractivity contribution in [3.8, 4) is 0 Å². The molecule has 2 fully saturated rings. The topological polar surface area (TPSA) is 74.4 Å². The molecule has 30 heavy (non-hydrogen) atoms. The molecule has 0 spiro atoms. The van der Waals surface area contributed by atoms with Gasteiger partial charge in [-0.2, -0.15) is 0 Å². The number of carbonyl (C=O) groups excluding carboxylic acids is 2. The monoisotopic (exact) mass is 422 g/mol. The summed E-state index contributed by atoms with van der Waals surface area (Å²) >= 11 is 0. The molecule has 1 N–H and O–H groups in total. The maximum atomic E-state index is 15.0. The molecule has 0 aromatic heterocycles. The molecule has 166 valence electrons. The molecule has 2 atom stereocenters. The van der Waals surface area contributed by atoms with Crippen molar-refractivity contribution in [1.29, 1.82) is 0 Å². The van der Waals surface area contributed by atoms with Gasteiger partial charge in [0.25, 0.3) is 0 Å². The number of carbonyl (C=O) groups is 2. The van der Waals surface area contributed by atoms with Crippen molar-refractivity contribution in [2.45, 2.75) is 32.0 Å². The van der Waals surface area contributed by atoms with E-state index in [-0.39, 0.29) is 30.4 Å². The largest absolute Gasteiger partial charge is 0.442 e. The van der Waals surface area contributed by atoms with Crippen molar-refractivity contribution in [1.82, 2.24) is 10.2 Å². The van der Waals surface area contributed by atoms with Gasteiger partial charge < -0.3 is 24.6 Å². The molecule has 3 rings (SSSR count). The third-order valence-corrected chi connectivity index (χ3v) is 5.46. The van der Waals surface area contributed by atoms with E-state index in [9.17, 15) is 9.59 Å². The Morgan fingerprint density at radius 3 is 2.83 bits per heavy atom. The predicted octanol–water partition coefficient (Wildman–Crippen LogP) is 1.83. The second-order valence-corrected chi connectivity index (χ2v) is 8.46. The zero-order valence-electron chi connectivity index (χ0n) is 18.1. The van der Waals surface area contributed by atoms with Crippen molar-refractivity contribution in [3.05, 3.63) is 24.0 Å². The van der Waals surface area contributed by atoms with Gasteiger partial charge in [-0.1, -0.05) is 0 Å². The molecule has 2 aliphatic rings. The predicted molar refractivity (Wildman–Crippen MR) is 112 cm³/mol. The third kappa shape index (κ3) is 5.40. The minimum Gasteiger partial charge on any atom is -0.442 e. The molecular formula is C21H31FN4O4. The van der Waals surface area contributed by atoms with Gasteiger partial charge in [0.05, 0.1) is 36.7 Å². The molecule has 8 nitrogen and oxygen atoms in total. The standard InChI is InChI=1S/C21H31FN4O4/c1-15(27)23-12-17-13-26(20(28)30-17)16-5-6-19(18(22)11-16)25-9-10-29-21(2,14-25)7-8-24(3)4/h5-6,11,17H,7-10,12-14H2,1-4H3,(H,23,27)/t17-,21?/m0/s1. The molecule has 0 aliphatic carbocycles. The third-order valence-electron chi connectivity index (χ3n) is 5.46. The van der Waals surface area contributed by atoms with Crippen LogP contribution in [-0.4, -0.2) is 82.0 Å².